The third-order valence-electron chi connectivity index (χ3n) is 5.09. The lowest BCUT2D eigenvalue weighted by Gasteiger charge is -2.41. The number of aliphatic hydroxyl groups is 1. The molecule has 1 aromatic carbocycles. The van der Waals surface area contributed by atoms with Crippen molar-refractivity contribution >= 4 is 5.91 Å². The van der Waals surface area contributed by atoms with Crippen LogP contribution in [-0.4, -0.2) is 66.2 Å². The van der Waals surface area contributed by atoms with Crippen molar-refractivity contribution in [1.29, 1.82) is 0 Å². The predicted molar refractivity (Wildman–Crippen MR) is 88.7 cm³/mol. The maximum Gasteiger partial charge on any atom is 0.257 e. The molecule has 0 unspecified atom stereocenters. The monoisotopic (exact) mass is 336 g/mol. The lowest BCUT2D eigenvalue weighted by Crippen LogP contribution is -2.50. The zero-order valence-corrected chi connectivity index (χ0v) is 14.1. The number of benzene rings is 1. The highest BCUT2D eigenvalue weighted by Crippen LogP contribution is 2.25. The number of likely N-dealkylation sites (tertiary alicyclic amines) is 2. The maximum absolute atomic E-state index is 13.5. The van der Waals surface area contributed by atoms with E-state index in [1.807, 2.05) is 0 Å². The number of β-amino-alcohol motifs (C(OH)–C–C–N with tert-alkyl or cyclic N) is 1. The van der Waals surface area contributed by atoms with Gasteiger partial charge in [-0.15, -0.1) is 0 Å². The molecule has 0 spiro atoms. The SMILES string of the molecule is COc1ccc(F)cc1C(=O)N1CCC(N2CCC[C@H](O)C2)CC1. The summed E-state index contributed by atoms with van der Waals surface area (Å²) >= 11 is 0. The Bertz CT molecular complexity index is 588. The number of hydrogen-bond donors (Lipinski definition) is 1. The van der Waals surface area contributed by atoms with Gasteiger partial charge in [0.15, 0.2) is 0 Å². The van der Waals surface area contributed by atoms with Gasteiger partial charge in [-0.05, 0) is 50.4 Å². The number of carbonyl (C=O) groups is 1. The first-order valence-corrected chi connectivity index (χ1v) is 8.63. The van der Waals surface area contributed by atoms with E-state index < -0.39 is 5.82 Å². The number of hydrogen-bond acceptors (Lipinski definition) is 4. The Morgan fingerprint density at radius 1 is 1.25 bits per heavy atom. The lowest BCUT2D eigenvalue weighted by atomic mass is 9.98. The van der Waals surface area contributed by atoms with Crippen molar-refractivity contribution in [3.63, 3.8) is 0 Å². The second-order valence-electron chi connectivity index (χ2n) is 6.66. The van der Waals surface area contributed by atoms with Crippen LogP contribution in [0.1, 0.15) is 36.0 Å². The average Bonchev–Trinajstić information content (AvgIpc) is 2.61. The summed E-state index contributed by atoms with van der Waals surface area (Å²) in [5.74, 6) is -0.206. The minimum atomic E-state index is -0.434. The van der Waals surface area contributed by atoms with Crippen LogP contribution in [0, 0.1) is 5.82 Å². The number of methoxy groups -OCH3 is 1. The Balaban J connectivity index is 1.62. The van der Waals surface area contributed by atoms with E-state index in [0.29, 0.717) is 24.9 Å². The van der Waals surface area contributed by atoms with Gasteiger partial charge in [-0.3, -0.25) is 9.69 Å². The Labute approximate surface area is 142 Å². The number of rotatable bonds is 3. The molecule has 5 nitrogen and oxygen atoms in total. The normalized spacial score (nSPS) is 23.3. The zero-order chi connectivity index (χ0) is 17.1. The Kier molecular flexibility index (Phi) is 5.36. The third kappa shape index (κ3) is 3.70. The van der Waals surface area contributed by atoms with Gasteiger partial charge in [-0.2, -0.15) is 0 Å². The molecular formula is C18H25FN2O3. The molecule has 0 radical (unpaired) electrons. The number of ether oxygens (including phenoxy) is 1. The van der Waals surface area contributed by atoms with E-state index in [4.69, 9.17) is 4.74 Å². The number of amides is 1. The molecule has 1 amide bonds. The highest BCUT2D eigenvalue weighted by molar-refractivity contribution is 5.97. The maximum atomic E-state index is 13.5. The standard InChI is InChI=1S/C18H25FN2O3/c1-24-17-5-4-13(19)11-16(17)18(23)20-9-6-14(7-10-20)21-8-2-3-15(22)12-21/h4-5,11,14-15,22H,2-3,6-10,12H2,1H3/t15-/m0/s1. The summed E-state index contributed by atoms with van der Waals surface area (Å²) in [4.78, 5) is 16.8. The molecule has 132 valence electrons. The quantitative estimate of drug-likeness (QED) is 0.916. The first-order chi connectivity index (χ1) is 11.6. The molecule has 0 aliphatic carbocycles. The molecule has 0 bridgehead atoms. The fraction of sp³-hybridized carbons (Fsp3) is 0.611. The van der Waals surface area contributed by atoms with Crippen molar-refractivity contribution in [3.8, 4) is 5.75 Å². The van der Waals surface area contributed by atoms with Gasteiger partial charge in [-0.25, -0.2) is 4.39 Å². The molecule has 2 heterocycles. The molecule has 24 heavy (non-hydrogen) atoms. The second-order valence-corrected chi connectivity index (χ2v) is 6.66. The third-order valence-corrected chi connectivity index (χ3v) is 5.09. The van der Waals surface area contributed by atoms with Gasteiger partial charge in [0.05, 0.1) is 18.8 Å². The van der Waals surface area contributed by atoms with E-state index in [0.717, 1.165) is 38.8 Å². The van der Waals surface area contributed by atoms with Crippen molar-refractivity contribution in [2.24, 2.45) is 0 Å². The summed E-state index contributed by atoms with van der Waals surface area (Å²) in [5.41, 5.74) is 0.282. The van der Waals surface area contributed by atoms with Crippen molar-refractivity contribution in [2.75, 3.05) is 33.3 Å². The first-order valence-electron chi connectivity index (χ1n) is 8.63. The van der Waals surface area contributed by atoms with Gasteiger partial charge in [0.1, 0.15) is 11.6 Å². The molecule has 3 rings (SSSR count). The van der Waals surface area contributed by atoms with Gasteiger partial charge < -0.3 is 14.7 Å². The molecule has 2 fully saturated rings. The van der Waals surface area contributed by atoms with Gasteiger partial charge in [0.25, 0.3) is 5.91 Å². The van der Waals surface area contributed by atoms with Crippen LogP contribution in [0.2, 0.25) is 0 Å². The number of piperidine rings is 2. The molecule has 2 aliphatic rings. The van der Waals surface area contributed by atoms with Crippen LogP contribution in [0.15, 0.2) is 18.2 Å². The van der Waals surface area contributed by atoms with Crippen LogP contribution in [-0.2, 0) is 0 Å². The van der Waals surface area contributed by atoms with Crippen molar-refractivity contribution in [2.45, 2.75) is 37.8 Å². The number of halogens is 1. The van der Waals surface area contributed by atoms with E-state index in [2.05, 4.69) is 4.90 Å². The molecular weight excluding hydrogens is 311 g/mol. The fourth-order valence-electron chi connectivity index (χ4n) is 3.77. The minimum absolute atomic E-state index is 0.177. The van der Waals surface area contributed by atoms with E-state index in [1.54, 1.807) is 4.90 Å². The topological polar surface area (TPSA) is 53.0 Å². The van der Waals surface area contributed by atoms with E-state index in [-0.39, 0.29) is 17.6 Å². The fourth-order valence-corrected chi connectivity index (χ4v) is 3.77. The van der Waals surface area contributed by atoms with Crippen molar-refractivity contribution in [3.05, 3.63) is 29.6 Å². The molecule has 6 heteroatoms. The minimum Gasteiger partial charge on any atom is -0.496 e. The summed E-state index contributed by atoms with van der Waals surface area (Å²) in [6.07, 6.45) is 3.45. The van der Waals surface area contributed by atoms with Crippen LogP contribution in [0.3, 0.4) is 0 Å². The lowest BCUT2D eigenvalue weighted by molar-refractivity contribution is 0.0240. The summed E-state index contributed by atoms with van der Waals surface area (Å²) < 4.78 is 18.7. The van der Waals surface area contributed by atoms with Gasteiger partial charge in [-0.1, -0.05) is 0 Å². The number of carbonyl (C=O) groups excluding carboxylic acids is 1. The van der Waals surface area contributed by atoms with Gasteiger partial charge in [0.2, 0.25) is 0 Å². The molecule has 2 saturated heterocycles. The highest BCUT2D eigenvalue weighted by atomic mass is 19.1. The zero-order valence-electron chi connectivity index (χ0n) is 14.1. The Hall–Kier alpha value is -1.66. The molecule has 2 aliphatic heterocycles. The molecule has 1 atom stereocenters. The van der Waals surface area contributed by atoms with Crippen molar-refractivity contribution < 1.29 is 19.0 Å². The van der Waals surface area contributed by atoms with Crippen LogP contribution in [0.4, 0.5) is 4.39 Å². The largest absolute Gasteiger partial charge is 0.496 e. The van der Waals surface area contributed by atoms with Crippen LogP contribution < -0.4 is 4.74 Å². The van der Waals surface area contributed by atoms with Crippen molar-refractivity contribution in [1.82, 2.24) is 9.80 Å². The predicted octanol–water partition coefficient (Wildman–Crippen LogP) is 1.90. The molecule has 0 saturated carbocycles. The summed E-state index contributed by atoms with van der Waals surface area (Å²) in [5, 5.41) is 9.83. The first kappa shape index (κ1) is 17.2. The van der Waals surface area contributed by atoms with Gasteiger partial charge >= 0.3 is 0 Å². The summed E-state index contributed by atoms with van der Waals surface area (Å²) in [6.45, 7) is 3.05. The molecule has 1 aromatic rings. The smallest absolute Gasteiger partial charge is 0.257 e. The summed E-state index contributed by atoms with van der Waals surface area (Å²) in [6, 6.07) is 4.45. The molecule has 1 N–H and O–H groups in total. The van der Waals surface area contributed by atoms with E-state index >= 15 is 0 Å². The van der Waals surface area contributed by atoms with Crippen LogP contribution in [0.5, 0.6) is 5.75 Å². The van der Waals surface area contributed by atoms with Gasteiger partial charge in [0, 0.05) is 25.7 Å². The average molecular weight is 336 g/mol. The van der Waals surface area contributed by atoms with Crippen LogP contribution >= 0.6 is 0 Å². The van der Waals surface area contributed by atoms with Crippen LogP contribution in [0.25, 0.3) is 0 Å². The van der Waals surface area contributed by atoms with E-state index in [9.17, 15) is 14.3 Å². The second kappa shape index (κ2) is 7.49. The number of aliphatic hydroxyl groups excluding tert-OH is 1. The number of nitrogens with zero attached hydrogens (tertiary/aromatic N) is 2. The summed E-state index contributed by atoms with van der Waals surface area (Å²) in [7, 11) is 1.48. The Morgan fingerprint density at radius 2 is 2.00 bits per heavy atom. The molecule has 0 aromatic heterocycles. The Morgan fingerprint density at radius 3 is 2.67 bits per heavy atom. The van der Waals surface area contributed by atoms with E-state index in [1.165, 1.54) is 25.3 Å². The highest BCUT2D eigenvalue weighted by Gasteiger charge is 2.30.